The van der Waals surface area contributed by atoms with Crippen LogP contribution in [0.2, 0.25) is 118 Å². The number of fused-ring (bicyclic) bond motifs is 1. The molecule has 1 unspecified atom stereocenters. The molecule has 0 amide bonds. The van der Waals surface area contributed by atoms with Crippen LogP contribution in [0.3, 0.4) is 0 Å². The Morgan fingerprint density at radius 3 is 1.24 bits per heavy atom. The minimum atomic E-state index is -1.78. The topological polar surface area (TPSA) is 19.0 Å². The van der Waals surface area contributed by atoms with Crippen molar-refractivity contribution in [1.29, 1.82) is 0 Å². The summed E-state index contributed by atoms with van der Waals surface area (Å²) in [4.78, 5) is 0. The Balaban J connectivity index is 3.28. The van der Waals surface area contributed by atoms with Crippen molar-refractivity contribution in [2.75, 3.05) is 0 Å². The van der Waals surface area contributed by atoms with E-state index in [0.29, 0.717) is 0 Å². The number of hydrogen-bond acceptors (Lipinski definition) is 4. The lowest BCUT2D eigenvalue weighted by Crippen LogP contribution is -2.71. The molecule has 0 aliphatic carbocycles. The Morgan fingerprint density at radius 1 is 0.514 bits per heavy atom. The lowest BCUT2D eigenvalue weighted by atomic mass is 10.1. The van der Waals surface area contributed by atoms with Crippen LogP contribution in [0.15, 0.2) is 30.0 Å². The highest BCUT2D eigenvalue weighted by atomic mass is 28.4. The van der Waals surface area contributed by atoms with E-state index in [0.717, 1.165) is 5.75 Å². The molecule has 0 radical (unpaired) electrons. The van der Waals surface area contributed by atoms with Crippen molar-refractivity contribution >= 4 is 55.1 Å². The Bertz CT molecular complexity index is 960. The average molecular weight is 610 g/mol. The number of hydrogen-bond donors (Lipinski definition) is 0. The van der Waals surface area contributed by atoms with E-state index in [-0.39, 0.29) is 6.23 Å². The van der Waals surface area contributed by atoms with Gasteiger partial charge in [-0.2, -0.15) is 0 Å². The van der Waals surface area contributed by atoms with E-state index in [1.165, 1.54) is 17.0 Å². The molecular formula is C27H59N3OSi6. The quantitative estimate of drug-likeness (QED) is 0.260. The second-order valence-electron chi connectivity index (χ2n) is 16.8. The maximum Gasteiger partial charge on any atom is 0.182 e. The van der Waals surface area contributed by atoms with Crippen molar-refractivity contribution < 1.29 is 4.74 Å². The van der Waals surface area contributed by atoms with Gasteiger partial charge in [0.1, 0.15) is 55.2 Å². The highest BCUT2D eigenvalue weighted by Crippen LogP contribution is 2.47. The molecule has 0 N–H and O–H groups in total. The predicted molar refractivity (Wildman–Crippen MR) is 183 cm³/mol. The lowest BCUT2D eigenvalue weighted by molar-refractivity contribution is 0.139. The van der Waals surface area contributed by atoms with Crippen LogP contribution < -0.4 is 4.74 Å². The van der Waals surface area contributed by atoms with Gasteiger partial charge in [0.25, 0.3) is 0 Å². The fourth-order valence-corrected chi connectivity index (χ4v) is 36.5. The van der Waals surface area contributed by atoms with Crippen LogP contribution in [-0.4, -0.2) is 68.3 Å². The summed E-state index contributed by atoms with van der Waals surface area (Å²) in [6.07, 6.45) is -0.0307. The van der Waals surface area contributed by atoms with Crippen molar-refractivity contribution in [1.82, 2.24) is 12.7 Å². The number of nitrogens with zero attached hydrogens (tertiary/aromatic N) is 3. The molecule has 1 atom stereocenters. The molecule has 4 nitrogen and oxygen atoms in total. The van der Waals surface area contributed by atoms with E-state index in [1.54, 1.807) is 0 Å². The molecule has 212 valence electrons. The van der Waals surface area contributed by atoms with Gasteiger partial charge in [0.15, 0.2) is 6.23 Å². The van der Waals surface area contributed by atoms with Gasteiger partial charge >= 0.3 is 0 Å². The normalized spacial score (nSPS) is 18.1. The summed E-state index contributed by atoms with van der Waals surface area (Å²) in [6.45, 7) is 45.7. The zero-order valence-corrected chi connectivity index (χ0v) is 33.6. The second kappa shape index (κ2) is 10.2. The van der Waals surface area contributed by atoms with E-state index < -0.39 is 49.4 Å². The Labute approximate surface area is 237 Å². The van der Waals surface area contributed by atoms with Crippen LogP contribution in [0.25, 0.3) is 5.70 Å². The van der Waals surface area contributed by atoms with Gasteiger partial charge in [-0.15, -0.1) is 0 Å². The van der Waals surface area contributed by atoms with Crippen LogP contribution in [0.4, 0.5) is 0 Å². The minimum Gasteiger partial charge on any atom is -0.470 e. The first-order chi connectivity index (χ1) is 16.2. The molecule has 0 bridgehead atoms. The van der Waals surface area contributed by atoms with Gasteiger partial charge in [0.2, 0.25) is 0 Å². The fourth-order valence-electron chi connectivity index (χ4n) is 6.94. The highest BCUT2D eigenvalue weighted by molar-refractivity contribution is 6.92. The third kappa shape index (κ3) is 7.23. The molecule has 10 heteroatoms. The minimum absolute atomic E-state index is 0.0307. The third-order valence-corrected chi connectivity index (χ3v) is 28.4. The molecule has 0 aromatic heterocycles. The molecule has 0 spiro atoms. The summed E-state index contributed by atoms with van der Waals surface area (Å²) in [7, 11) is -10.6. The van der Waals surface area contributed by atoms with Gasteiger partial charge < -0.3 is 17.4 Å². The van der Waals surface area contributed by atoms with E-state index in [9.17, 15) is 0 Å². The average Bonchev–Trinajstić information content (AvgIpc) is 2.57. The Hall–Kier alpha value is -0.379. The Kier molecular flexibility index (Phi) is 9.07. The largest absolute Gasteiger partial charge is 0.470 e. The summed E-state index contributed by atoms with van der Waals surface area (Å²) in [5.74, 6) is 1.07. The molecular weight excluding hydrogens is 551 g/mol. The summed E-state index contributed by atoms with van der Waals surface area (Å²) >= 11 is 0. The lowest BCUT2D eigenvalue weighted by Gasteiger charge is -2.59. The van der Waals surface area contributed by atoms with Crippen molar-refractivity contribution in [3.05, 3.63) is 35.5 Å². The summed E-state index contributed by atoms with van der Waals surface area (Å²) in [6, 6.07) is 8.95. The first-order valence-electron chi connectivity index (χ1n) is 14.1. The number of benzene rings is 1. The van der Waals surface area contributed by atoms with Gasteiger partial charge in [-0.1, -0.05) is 130 Å². The molecule has 1 heterocycles. The first-order valence-corrected chi connectivity index (χ1v) is 34.8. The maximum atomic E-state index is 7.28. The molecule has 1 aromatic carbocycles. The molecule has 1 aliphatic heterocycles. The van der Waals surface area contributed by atoms with Crippen LogP contribution in [0.1, 0.15) is 5.56 Å². The van der Waals surface area contributed by atoms with Crippen molar-refractivity contribution in [3.8, 4) is 5.75 Å². The smallest absolute Gasteiger partial charge is 0.182 e. The van der Waals surface area contributed by atoms with Crippen LogP contribution >= 0.6 is 0 Å². The van der Waals surface area contributed by atoms with Gasteiger partial charge in [-0.3, -0.25) is 0 Å². The van der Waals surface area contributed by atoms with Crippen LogP contribution in [0.5, 0.6) is 5.75 Å². The number of rotatable bonds is 9. The maximum absolute atomic E-state index is 7.28. The molecule has 0 saturated carbocycles. The van der Waals surface area contributed by atoms with Gasteiger partial charge in [0.05, 0.1) is 11.4 Å². The summed E-state index contributed by atoms with van der Waals surface area (Å²) in [5, 5.41) is 0. The zero-order valence-electron chi connectivity index (χ0n) is 27.6. The molecule has 2 rings (SSSR count). The fraction of sp³-hybridized carbons (Fsp3) is 0.704. The van der Waals surface area contributed by atoms with Crippen molar-refractivity contribution in [3.63, 3.8) is 0 Å². The van der Waals surface area contributed by atoms with E-state index in [1.807, 2.05) is 0 Å². The third-order valence-electron chi connectivity index (χ3n) is 6.69. The second-order valence-corrected chi connectivity index (χ2v) is 46.9. The molecule has 0 saturated heterocycles. The molecule has 1 aromatic rings. The van der Waals surface area contributed by atoms with E-state index >= 15 is 0 Å². The molecule has 0 fully saturated rings. The molecule has 37 heavy (non-hydrogen) atoms. The predicted octanol–water partition coefficient (Wildman–Crippen LogP) is 8.99. The van der Waals surface area contributed by atoms with E-state index in [2.05, 4.69) is 155 Å². The van der Waals surface area contributed by atoms with Gasteiger partial charge in [-0.25, -0.2) is 0 Å². The number of para-hydroxylation sites is 1. The Morgan fingerprint density at radius 2 is 0.892 bits per heavy atom. The van der Waals surface area contributed by atoms with Crippen molar-refractivity contribution in [2.24, 2.45) is 0 Å². The summed E-state index contributed by atoms with van der Waals surface area (Å²) < 4.78 is 16.2. The number of ether oxygens (including phenoxy) is 1. The van der Waals surface area contributed by atoms with Crippen LogP contribution in [-0.2, 0) is 0 Å². The zero-order chi connectivity index (χ0) is 29.2. The van der Waals surface area contributed by atoms with Crippen molar-refractivity contribution in [2.45, 2.75) is 124 Å². The summed E-state index contributed by atoms with van der Waals surface area (Å²) in [5.41, 5.74) is 4.33. The standard InChI is InChI=1S/C27H59N3OSi6/c1-32(2,3)28(33(4,5)6)25-23-21-19-20-22-24(23)31-27(30(36(13,14)15)37(16,17)18)26(25)29(34(7,8)9)35(10,11)12/h19-22,27H,1-18H3. The SMILES string of the molecule is C[Si](C)(C)N(C1=C(N([Si](C)(C)C)[Si](C)(C)C)C(N([Si](C)(C)C)[Si](C)(C)C)Oc2ccccc21)[Si](C)(C)C. The van der Waals surface area contributed by atoms with Gasteiger partial charge in [0, 0.05) is 5.56 Å². The van der Waals surface area contributed by atoms with E-state index in [4.69, 9.17) is 4.74 Å². The molecule has 1 aliphatic rings. The first kappa shape index (κ1) is 32.8. The van der Waals surface area contributed by atoms with Gasteiger partial charge in [-0.05, 0) is 12.1 Å². The monoisotopic (exact) mass is 609 g/mol. The van der Waals surface area contributed by atoms with Crippen LogP contribution in [0, 0.1) is 0 Å². The highest BCUT2D eigenvalue weighted by Gasteiger charge is 2.52.